The molecule has 2 nitrogen and oxygen atoms in total. The van der Waals surface area contributed by atoms with Crippen molar-refractivity contribution in [1.82, 2.24) is 5.32 Å². The van der Waals surface area contributed by atoms with Gasteiger partial charge < -0.3 is 5.32 Å². The number of ketones is 1. The Hall–Kier alpha value is -0.630. The second-order valence-corrected chi connectivity index (χ2v) is 5.03. The fraction of sp³-hybridized carbons (Fsp3) is 0.750. The molecule has 0 aromatic heterocycles. The molecule has 1 aliphatic heterocycles. The number of hydrogen-bond acceptors (Lipinski definition) is 2. The number of carbonyl (C=O) groups is 1. The van der Waals surface area contributed by atoms with Crippen molar-refractivity contribution in [3.63, 3.8) is 0 Å². The van der Waals surface area contributed by atoms with Crippen LogP contribution in [-0.2, 0) is 4.79 Å². The highest BCUT2D eigenvalue weighted by atomic mass is 16.1. The van der Waals surface area contributed by atoms with Gasteiger partial charge in [0.1, 0.15) is 0 Å². The van der Waals surface area contributed by atoms with E-state index in [1.807, 2.05) is 26.8 Å². The Morgan fingerprint density at radius 1 is 1.36 bits per heavy atom. The molecule has 1 N–H and O–H groups in total. The first-order valence-electron chi connectivity index (χ1n) is 5.46. The second-order valence-electron chi connectivity index (χ2n) is 5.03. The first-order valence-corrected chi connectivity index (χ1v) is 5.46. The van der Waals surface area contributed by atoms with E-state index >= 15 is 0 Å². The lowest BCUT2D eigenvalue weighted by Gasteiger charge is -2.20. The maximum absolute atomic E-state index is 11.6. The summed E-state index contributed by atoms with van der Waals surface area (Å²) in [6.07, 6.45) is 7.45. The Morgan fingerprint density at radius 2 is 2.07 bits per heavy atom. The lowest BCUT2D eigenvalue weighted by Crippen LogP contribution is -2.32. The van der Waals surface area contributed by atoms with Gasteiger partial charge in [0.2, 0.25) is 0 Å². The normalized spacial score (nSPS) is 24.1. The zero-order chi connectivity index (χ0) is 10.6. The number of carbonyl (C=O) groups excluding carboxylic acids is 1. The van der Waals surface area contributed by atoms with Crippen molar-refractivity contribution in [3.8, 4) is 0 Å². The highest BCUT2D eigenvalue weighted by Gasteiger charge is 2.18. The Labute approximate surface area is 86.8 Å². The lowest BCUT2D eigenvalue weighted by atomic mass is 9.90. The van der Waals surface area contributed by atoms with Gasteiger partial charge in [-0.05, 0) is 25.5 Å². The monoisotopic (exact) mass is 195 g/mol. The van der Waals surface area contributed by atoms with E-state index in [0.717, 1.165) is 13.0 Å². The highest BCUT2D eigenvalue weighted by Crippen LogP contribution is 2.16. The predicted octanol–water partition coefficient (Wildman–Crippen LogP) is 2.30. The van der Waals surface area contributed by atoms with Crippen LogP contribution in [0.15, 0.2) is 12.2 Å². The fourth-order valence-electron chi connectivity index (χ4n) is 1.50. The molecular formula is C12H21NO. The van der Waals surface area contributed by atoms with E-state index < -0.39 is 0 Å². The summed E-state index contributed by atoms with van der Waals surface area (Å²) in [5.74, 6) is 0.213. The molecule has 1 fully saturated rings. The summed E-state index contributed by atoms with van der Waals surface area (Å²) in [5.41, 5.74) is -0.245. The van der Waals surface area contributed by atoms with E-state index in [9.17, 15) is 4.79 Å². The molecule has 14 heavy (non-hydrogen) atoms. The van der Waals surface area contributed by atoms with Crippen LogP contribution in [0.2, 0.25) is 0 Å². The topological polar surface area (TPSA) is 29.1 Å². The average Bonchev–Trinajstić information content (AvgIpc) is 2.14. The van der Waals surface area contributed by atoms with Crippen LogP contribution >= 0.6 is 0 Å². The molecule has 80 valence electrons. The zero-order valence-corrected chi connectivity index (χ0v) is 9.47. The minimum Gasteiger partial charge on any atom is -0.311 e. The van der Waals surface area contributed by atoms with Gasteiger partial charge in [-0.15, -0.1) is 0 Å². The minimum absolute atomic E-state index is 0.213. The van der Waals surface area contributed by atoms with Crippen LogP contribution in [0.25, 0.3) is 0 Å². The van der Waals surface area contributed by atoms with Crippen LogP contribution in [-0.4, -0.2) is 18.4 Å². The quantitative estimate of drug-likeness (QED) is 0.685. The Morgan fingerprint density at radius 3 is 2.57 bits per heavy atom. The smallest absolute Gasteiger partial charge is 0.160 e. The molecule has 1 aliphatic rings. The van der Waals surface area contributed by atoms with Gasteiger partial charge in [0.15, 0.2) is 5.78 Å². The largest absolute Gasteiger partial charge is 0.311 e. The van der Waals surface area contributed by atoms with Crippen molar-refractivity contribution in [1.29, 1.82) is 0 Å². The van der Waals surface area contributed by atoms with E-state index in [-0.39, 0.29) is 11.2 Å². The fourth-order valence-corrected chi connectivity index (χ4v) is 1.50. The number of rotatable bonds is 2. The van der Waals surface area contributed by atoms with Crippen LogP contribution < -0.4 is 5.32 Å². The summed E-state index contributed by atoms with van der Waals surface area (Å²) in [7, 11) is 0. The summed E-state index contributed by atoms with van der Waals surface area (Å²) in [6, 6.07) is 0.412. The molecule has 0 aliphatic carbocycles. The first kappa shape index (κ1) is 11.4. The molecular weight excluding hydrogens is 174 g/mol. The van der Waals surface area contributed by atoms with Crippen molar-refractivity contribution in [2.45, 2.75) is 46.1 Å². The van der Waals surface area contributed by atoms with E-state index in [0.29, 0.717) is 6.04 Å². The molecule has 0 saturated carbocycles. The van der Waals surface area contributed by atoms with Crippen molar-refractivity contribution in [3.05, 3.63) is 12.2 Å². The summed E-state index contributed by atoms with van der Waals surface area (Å²) in [6.45, 7) is 6.94. The van der Waals surface area contributed by atoms with Crippen molar-refractivity contribution >= 4 is 5.78 Å². The molecule has 0 aromatic rings. The lowest BCUT2D eigenvalue weighted by molar-refractivity contribution is -0.121. The molecule has 0 aromatic carbocycles. The summed E-state index contributed by atoms with van der Waals surface area (Å²) < 4.78 is 0. The van der Waals surface area contributed by atoms with Crippen LogP contribution in [0.1, 0.15) is 40.0 Å². The Kier molecular flexibility index (Phi) is 3.87. The molecule has 0 spiro atoms. The third kappa shape index (κ3) is 3.62. The van der Waals surface area contributed by atoms with Crippen LogP contribution in [0, 0.1) is 5.41 Å². The predicted molar refractivity (Wildman–Crippen MR) is 59.2 cm³/mol. The van der Waals surface area contributed by atoms with Crippen molar-refractivity contribution < 1.29 is 4.79 Å². The van der Waals surface area contributed by atoms with Gasteiger partial charge in [0.05, 0.1) is 0 Å². The minimum atomic E-state index is -0.245. The second kappa shape index (κ2) is 4.74. The molecule has 1 saturated heterocycles. The highest BCUT2D eigenvalue weighted by molar-refractivity contribution is 5.93. The maximum Gasteiger partial charge on any atom is 0.160 e. The maximum atomic E-state index is 11.6. The standard InChI is InChI=1S/C12H21NO/c1-12(2,3)11(14)8-7-10-6-4-5-9-13-10/h7-8,10,13H,4-6,9H2,1-3H3/b8-7+. The molecule has 2 heteroatoms. The van der Waals surface area contributed by atoms with Crippen LogP contribution in [0.3, 0.4) is 0 Å². The molecule has 1 atom stereocenters. The Bertz CT molecular complexity index is 219. The summed E-state index contributed by atoms with van der Waals surface area (Å²) in [5, 5.41) is 3.39. The molecule has 0 amide bonds. The van der Waals surface area contributed by atoms with Crippen molar-refractivity contribution in [2.24, 2.45) is 5.41 Å². The van der Waals surface area contributed by atoms with Crippen LogP contribution in [0.5, 0.6) is 0 Å². The number of hydrogen-bond donors (Lipinski definition) is 1. The molecule has 1 heterocycles. The SMILES string of the molecule is CC(C)(C)C(=O)/C=C/C1CCCCN1. The number of nitrogens with one attached hydrogen (secondary N) is 1. The number of allylic oxidation sites excluding steroid dienone is 1. The zero-order valence-electron chi connectivity index (χ0n) is 9.47. The summed E-state index contributed by atoms with van der Waals surface area (Å²) in [4.78, 5) is 11.6. The molecule has 1 unspecified atom stereocenters. The van der Waals surface area contributed by atoms with Crippen LogP contribution in [0.4, 0.5) is 0 Å². The van der Waals surface area contributed by atoms with Gasteiger partial charge in [-0.3, -0.25) is 4.79 Å². The van der Waals surface area contributed by atoms with Gasteiger partial charge in [-0.1, -0.05) is 33.3 Å². The van der Waals surface area contributed by atoms with Gasteiger partial charge in [0, 0.05) is 11.5 Å². The summed E-state index contributed by atoms with van der Waals surface area (Å²) >= 11 is 0. The molecule has 0 bridgehead atoms. The van der Waals surface area contributed by atoms with E-state index in [1.165, 1.54) is 12.8 Å². The third-order valence-corrected chi connectivity index (χ3v) is 2.57. The van der Waals surface area contributed by atoms with Gasteiger partial charge in [-0.25, -0.2) is 0 Å². The third-order valence-electron chi connectivity index (χ3n) is 2.57. The van der Waals surface area contributed by atoms with E-state index in [2.05, 4.69) is 5.32 Å². The molecule has 1 rings (SSSR count). The van der Waals surface area contributed by atoms with Gasteiger partial charge >= 0.3 is 0 Å². The Balaban J connectivity index is 2.42. The average molecular weight is 195 g/mol. The van der Waals surface area contributed by atoms with Gasteiger partial charge in [0.25, 0.3) is 0 Å². The first-order chi connectivity index (χ1) is 6.50. The number of piperidine rings is 1. The van der Waals surface area contributed by atoms with Crippen molar-refractivity contribution in [2.75, 3.05) is 6.54 Å². The van der Waals surface area contributed by atoms with Gasteiger partial charge in [-0.2, -0.15) is 0 Å². The van der Waals surface area contributed by atoms with E-state index in [1.54, 1.807) is 6.08 Å². The molecule has 0 radical (unpaired) electrons. The van der Waals surface area contributed by atoms with E-state index in [4.69, 9.17) is 0 Å².